The smallest absolute Gasteiger partial charge is 0.135 e. The van der Waals surface area contributed by atoms with Crippen LogP contribution in [0.3, 0.4) is 0 Å². The second kappa shape index (κ2) is 20.4. The van der Waals surface area contributed by atoms with E-state index in [2.05, 4.69) is 86.8 Å². The molecular weight excluding hydrogens is 529 g/mol. The molecule has 0 atom stereocenters. The Morgan fingerprint density at radius 3 is 1.50 bits per heavy atom. The van der Waals surface area contributed by atoms with Gasteiger partial charge in [-0.3, -0.25) is 0 Å². The van der Waals surface area contributed by atoms with E-state index in [1.807, 2.05) is 0 Å². The standard InChI is InChI=1S/C36H54O2S2/c1-4-7-25-39-27-17-11-9-15-23-37-35-31-19-13-14-20-32(31)36(34-29-30(6-3)21-22-33(34)35)38-24-16-10-12-18-28-40-26-8-5-2/h13-14,19-22,29H,4-12,15-18,23-28H2,1-3H3. The Morgan fingerprint density at radius 2 is 0.975 bits per heavy atom. The average Bonchev–Trinajstić information content (AvgIpc) is 2.99. The van der Waals surface area contributed by atoms with E-state index in [4.69, 9.17) is 9.47 Å². The number of hydrogen-bond acceptors (Lipinski definition) is 4. The van der Waals surface area contributed by atoms with Gasteiger partial charge in [-0.25, -0.2) is 0 Å². The van der Waals surface area contributed by atoms with Gasteiger partial charge in [-0.15, -0.1) is 0 Å². The molecule has 3 aromatic carbocycles. The molecule has 0 bridgehead atoms. The molecule has 0 radical (unpaired) electrons. The van der Waals surface area contributed by atoms with E-state index in [0.29, 0.717) is 0 Å². The van der Waals surface area contributed by atoms with Gasteiger partial charge in [0.05, 0.1) is 13.2 Å². The minimum atomic E-state index is 0.772. The average molecular weight is 583 g/mol. The van der Waals surface area contributed by atoms with Crippen molar-refractivity contribution in [3.63, 3.8) is 0 Å². The maximum absolute atomic E-state index is 6.59. The number of hydrogen-bond donors (Lipinski definition) is 0. The molecule has 0 aliphatic carbocycles. The third-order valence-corrected chi connectivity index (χ3v) is 9.85. The molecule has 0 fully saturated rings. The fourth-order valence-electron chi connectivity index (χ4n) is 5.04. The van der Waals surface area contributed by atoms with Gasteiger partial charge < -0.3 is 9.47 Å². The molecule has 222 valence electrons. The van der Waals surface area contributed by atoms with Crippen molar-refractivity contribution in [1.29, 1.82) is 0 Å². The van der Waals surface area contributed by atoms with E-state index >= 15 is 0 Å². The van der Waals surface area contributed by atoms with E-state index in [9.17, 15) is 0 Å². The van der Waals surface area contributed by atoms with Gasteiger partial charge in [0.25, 0.3) is 0 Å². The predicted molar refractivity (Wildman–Crippen MR) is 183 cm³/mol. The van der Waals surface area contributed by atoms with E-state index in [-0.39, 0.29) is 0 Å². The van der Waals surface area contributed by atoms with Crippen molar-refractivity contribution < 1.29 is 9.47 Å². The second-order valence-electron chi connectivity index (χ2n) is 10.9. The third kappa shape index (κ3) is 11.0. The van der Waals surface area contributed by atoms with Crippen LogP contribution in [0.1, 0.15) is 103 Å². The van der Waals surface area contributed by atoms with Crippen molar-refractivity contribution in [3.8, 4) is 11.5 Å². The molecule has 0 saturated carbocycles. The van der Waals surface area contributed by atoms with Crippen LogP contribution in [0, 0.1) is 0 Å². The van der Waals surface area contributed by atoms with E-state index in [1.54, 1.807) is 0 Å². The lowest BCUT2D eigenvalue weighted by Gasteiger charge is -2.18. The number of fused-ring (bicyclic) bond motifs is 2. The molecule has 0 unspecified atom stereocenters. The first-order chi connectivity index (χ1) is 19.8. The monoisotopic (exact) mass is 582 g/mol. The number of thioether (sulfide) groups is 2. The zero-order chi connectivity index (χ0) is 28.3. The topological polar surface area (TPSA) is 18.5 Å². The quantitative estimate of drug-likeness (QED) is 0.0817. The molecule has 40 heavy (non-hydrogen) atoms. The van der Waals surface area contributed by atoms with Crippen molar-refractivity contribution >= 4 is 45.1 Å². The molecule has 0 amide bonds. The summed E-state index contributed by atoms with van der Waals surface area (Å²) < 4.78 is 13.2. The molecular formula is C36H54O2S2. The summed E-state index contributed by atoms with van der Waals surface area (Å²) in [6.45, 7) is 8.32. The van der Waals surface area contributed by atoms with Crippen molar-refractivity contribution in [1.82, 2.24) is 0 Å². The van der Waals surface area contributed by atoms with Gasteiger partial charge in [-0.1, -0.05) is 95.7 Å². The summed E-state index contributed by atoms with van der Waals surface area (Å²) in [4.78, 5) is 0. The minimum Gasteiger partial charge on any atom is -0.492 e. The fraction of sp³-hybridized carbons (Fsp3) is 0.611. The normalized spacial score (nSPS) is 11.5. The number of ether oxygens (including phenoxy) is 2. The highest BCUT2D eigenvalue weighted by atomic mass is 32.2. The first-order valence-electron chi connectivity index (χ1n) is 16.2. The summed E-state index contributed by atoms with van der Waals surface area (Å²) in [6.07, 6.45) is 16.3. The SMILES string of the molecule is CCCCSCCCCCCOc1c2ccccc2c(OCCCCCCSCCCC)c2cc(CC)ccc12. The van der Waals surface area contributed by atoms with Crippen LogP contribution in [-0.4, -0.2) is 36.2 Å². The molecule has 3 rings (SSSR count). The molecule has 0 saturated heterocycles. The van der Waals surface area contributed by atoms with Gasteiger partial charge in [-0.2, -0.15) is 23.5 Å². The Labute approximate surface area is 253 Å². The predicted octanol–water partition coefficient (Wildman–Crippen LogP) is 11.5. The summed E-state index contributed by atoms with van der Waals surface area (Å²) in [5.74, 6) is 7.29. The molecule has 0 aliphatic rings. The van der Waals surface area contributed by atoms with Crippen molar-refractivity contribution in [2.24, 2.45) is 0 Å². The number of aryl methyl sites for hydroxylation is 1. The number of rotatable bonds is 23. The van der Waals surface area contributed by atoms with Gasteiger partial charge in [0.2, 0.25) is 0 Å². The molecule has 0 heterocycles. The summed E-state index contributed by atoms with van der Waals surface area (Å²) in [6, 6.07) is 15.5. The van der Waals surface area contributed by atoms with E-state index in [1.165, 1.54) is 114 Å². The van der Waals surface area contributed by atoms with E-state index < -0.39 is 0 Å². The largest absolute Gasteiger partial charge is 0.492 e. The Balaban J connectivity index is 1.60. The highest BCUT2D eigenvalue weighted by Crippen LogP contribution is 2.43. The first-order valence-corrected chi connectivity index (χ1v) is 18.5. The zero-order valence-electron chi connectivity index (χ0n) is 25.6. The van der Waals surface area contributed by atoms with Crippen molar-refractivity contribution in [2.75, 3.05) is 36.2 Å². The maximum Gasteiger partial charge on any atom is 0.135 e. The van der Waals surface area contributed by atoms with Gasteiger partial charge >= 0.3 is 0 Å². The third-order valence-electron chi connectivity index (χ3n) is 7.54. The number of benzene rings is 3. The van der Waals surface area contributed by atoms with Crippen LogP contribution in [0.5, 0.6) is 11.5 Å². The van der Waals surface area contributed by atoms with Gasteiger partial charge in [0, 0.05) is 21.5 Å². The highest BCUT2D eigenvalue weighted by molar-refractivity contribution is 7.99. The van der Waals surface area contributed by atoms with Crippen LogP contribution in [0.4, 0.5) is 0 Å². The Hall–Kier alpha value is -1.52. The summed E-state index contributed by atoms with van der Waals surface area (Å²) in [5, 5.41) is 4.73. The number of unbranched alkanes of at least 4 members (excludes halogenated alkanes) is 8. The fourth-order valence-corrected chi connectivity index (χ4v) is 7.25. The lowest BCUT2D eigenvalue weighted by molar-refractivity contribution is 0.307. The van der Waals surface area contributed by atoms with Gasteiger partial charge in [-0.05, 0) is 79.6 Å². The van der Waals surface area contributed by atoms with Crippen LogP contribution >= 0.6 is 23.5 Å². The molecule has 0 spiro atoms. The highest BCUT2D eigenvalue weighted by Gasteiger charge is 2.16. The van der Waals surface area contributed by atoms with Crippen LogP contribution in [0.25, 0.3) is 21.5 Å². The summed E-state index contributed by atoms with van der Waals surface area (Å²) in [5.41, 5.74) is 1.34. The van der Waals surface area contributed by atoms with Gasteiger partial charge in [0.1, 0.15) is 11.5 Å². The summed E-state index contributed by atoms with van der Waals surface area (Å²) >= 11 is 4.23. The second-order valence-corrected chi connectivity index (χ2v) is 13.3. The van der Waals surface area contributed by atoms with Crippen LogP contribution in [0.15, 0.2) is 42.5 Å². The minimum absolute atomic E-state index is 0.772. The van der Waals surface area contributed by atoms with Crippen molar-refractivity contribution in [3.05, 3.63) is 48.0 Å². The molecule has 4 heteroatoms. The van der Waals surface area contributed by atoms with Crippen molar-refractivity contribution in [2.45, 2.75) is 104 Å². The lowest BCUT2D eigenvalue weighted by Crippen LogP contribution is -2.03. The molecule has 3 aromatic rings. The van der Waals surface area contributed by atoms with Crippen LogP contribution < -0.4 is 9.47 Å². The summed E-state index contributed by atoms with van der Waals surface area (Å²) in [7, 11) is 0. The Bertz CT molecular complexity index is 1100. The molecule has 0 aromatic heterocycles. The first kappa shape index (κ1) is 33.0. The van der Waals surface area contributed by atoms with E-state index in [0.717, 1.165) is 44.0 Å². The van der Waals surface area contributed by atoms with Gasteiger partial charge in [0.15, 0.2) is 0 Å². The Kier molecular flexibility index (Phi) is 16.8. The lowest BCUT2D eigenvalue weighted by atomic mass is 9.98. The maximum atomic E-state index is 6.59. The molecule has 0 aliphatic heterocycles. The van der Waals surface area contributed by atoms with Crippen LogP contribution in [0.2, 0.25) is 0 Å². The van der Waals surface area contributed by atoms with Crippen LogP contribution in [-0.2, 0) is 6.42 Å². The zero-order valence-corrected chi connectivity index (χ0v) is 27.2. The molecule has 2 nitrogen and oxygen atoms in total. The Morgan fingerprint density at radius 1 is 0.500 bits per heavy atom. The molecule has 0 N–H and O–H groups in total.